The molecule has 1 aromatic rings. The van der Waals surface area contributed by atoms with E-state index in [0.717, 1.165) is 31.2 Å². The van der Waals surface area contributed by atoms with Crippen LogP contribution in [0.2, 0.25) is 0 Å². The number of benzene rings is 1. The zero-order valence-electron chi connectivity index (χ0n) is 9.90. The second kappa shape index (κ2) is 7.00. The normalized spacial score (nSPS) is 19.1. The van der Waals surface area contributed by atoms with Crippen LogP contribution in [0, 0.1) is 11.3 Å². The van der Waals surface area contributed by atoms with Crippen molar-refractivity contribution in [3.63, 3.8) is 0 Å². The van der Waals surface area contributed by atoms with Gasteiger partial charge in [0.25, 0.3) is 0 Å². The van der Waals surface area contributed by atoms with E-state index in [0.29, 0.717) is 5.92 Å². The first-order valence-corrected chi connectivity index (χ1v) is 9.27. The first-order valence-electron chi connectivity index (χ1n) is 5.91. The van der Waals surface area contributed by atoms with Gasteiger partial charge in [-0.2, -0.15) is 10.4 Å². The fourth-order valence-electron chi connectivity index (χ4n) is 2.31. The molecule has 0 aliphatic heterocycles. The highest BCUT2D eigenvalue weighted by molar-refractivity contribution is 14.2. The average molecular weight is 371 g/mol. The summed E-state index contributed by atoms with van der Waals surface area (Å²) in [6.45, 7) is 0. The number of hydrogen-bond acceptors (Lipinski definition) is 4. The minimum absolute atomic E-state index is 0.615. The molecule has 18 heavy (non-hydrogen) atoms. The lowest BCUT2D eigenvalue weighted by Crippen LogP contribution is -2.14. The van der Waals surface area contributed by atoms with Crippen LogP contribution in [0.5, 0.6) is 0 Å². The summed E-state index contributed by atoms with van der Waals surface area (Å²) < 4.78 is 0. The van der Waals surface area contributed by atoms with Gasteiger partial charge < -0.3 is 0 Å². The van der Waals surface area contributed by atoms with Gasteiger partial charge in [-0.25, -0.2) is 4.83 Å². The van der Waals surface area contributed by atoms with Gasteiger partial charge in [-0.1, -0.05) is 12.1 Å². The highest BCUT2D eigenvalue weighted by atomic mass is 127. The Labute approximate surface area is 124 Å². The van der Waals surface area contributed by atoms with Crippen LogP contribution in [0.25, 0.3) is 0 Å². The molecule has 1 saturated carbocycles. The van der Waals surface area contributed by atoms with E-state index in [2.05, 4.69) is 49.3 Å². The Hall–Kier alpha value is -0.740. The van der Waals surface area contributed by atoms with Crippen molar-refractivity contribution in [3.8, 4) is 6.07 Å². The first-order chi connectivity index (χ1) is 8.83. The van der Waals surface area contributed by atoms with E-state index in [1.54, 1.807) is 0 Å². The number of nitrogens with one attached hydrogen (secondary N) is 1. The second-order valence-corrected chi connectivity index (χ2v) is 6.01. The van der Waals surface area contributed by atoms with E-state index in [9.17, 15) is 0 Å². The molecular formula is C13H14IN3S. The van der Waals surface area contributed by atoms with Crippen molar-refractivity contribution in [2.75, 3.05) is 0 Å². The molecule has 0 amide bonds. The lowest BCUT2D eigenvalue weighted by molar-refractivity contribution is 0.564. The van der Waals surface area contributed by atoms with Gasteiger partial charge >= 0.3 is 0 Å². The van der Waals surface area contributed by atoms with Gasteiger partial charge in [-0.05, 0) is 49.3 Å². The van der Waals surface area contributed by atoms with Crippen LogP contribution >= 0.6 is 30.3 Å². The SMILES string of the molecule is N#Cc1ccc(C2CCC(=NNSI)CC2)cc1. The highest BCUT2D eigenvalue weighted by Gasteiger charge is 2.19. The Morgan fingerprint density at radius 2 is 1.94 bits per heavy atom. The van der Waals surface area contributed by atoms with E-state index in [-0.39, 0.29) is 0 Å². The van der Waals surface area contributed by atoms with Crippen molar-refractivity contribution in [2.45, 2.75) is 31.6 Å². The summed E-state index contributed by atoms with van der Waals surface area (Å²) in [5, 5.41) is 13.1. The largest absolute Gasteiger partial charge is 0.242 e. The third-order valence-corrected chi connectivity index (χ3v) is 4.06. The lowest BCUT2D eigenvalue weighted by atomic mass is 9.83. The maximum Gasteiger partial charge on any atom is 0.0991 e. The third kappa shape index (κ3) is 3.62. The summed E-state index contributed by atoms with van der Waals surface area (Å²) >= 11 is 2.18. The predicted octanol–water partition coefficient (Wildman–Crippen LogP) is 4.16. The van der Waals surface area contributed by atoms with Crippen LogP contribution in [0.15, 0.2) is 29.4 Å². The molecule has 94 valence electrons. The molecule has 0 aromatic heterocycles. The molecule has 1 aromatic carbocycles. The highest BCUT2D eigenvalue weighted by Crippen LogP contribution is 2.31. The fraction of sp³-hybridized carbons (Fsp3) is 0.385. The molecule has 0 bridgehead atoms. The smallest absolute Gasteiger partial charge is 0.0991 e. The zero-order valence-corrected chi connectivity index (χ0v) is 12.9. The number of hydrazone groups is 1. The van der Waals surface area contributed by atoms with Gasteiger partial charge in [0.1, 0.15) is 0 Å². The van der Waals surface area contributed by atoms with Crippen molar-refractivity contribution in [2.24, 2.45) is 5.10 Å². The molecule has 2 rings (SSSR count). The monoisotopic (exact) mass is 371 g/mol. The summed E-state index contributed by atoms with van der Waals surface area (Å²) in [5.74, 6) is 0.615. The maximum absolute atomic E-state index is 8.78. The summed E-state index contributed by atoms with van der Waals surface area (Å²) in [6.07, 6.45) is 4.43. The molecule has 0 unspecified atom stereocenters. The molecule has 0 saturated heterocycles. The molecular weight excluding hydrogens is 357 g/mol. The summed E-state index contributed by atoms with van der Waals surface area (Å²) in [5.41, 5.74) is 3.36. The maximum atomic E-state index is 8.78. The molecule has 1 fully saturated rings. The van der Waals surface area contributed by atoms with Crippen LogP contribution < -0.4 is 4.83 Å². The van der Waals surface area contributed by atoms with Gasteiger partial charge in [0, 0.05) is 36.0 Å². The zero-order chi connectivity index (χ0) is 12.8. The molecule has 3 nitrogen and oxygen atoms in total. The Morgan fingerprint density at radius 1 is 1.28 bits per heavy atom. The predicted molar refractivity (Wildman–Crippen MR) is 84.5 cm³/mol. The van der Waals surface area contributed by atoms with Crippen molar-refractivity contribution in [1.29, 1.82) is 5.26 Å². The van der Waals surface area contributed by atoms with E-state index in [4.69, 9.17) is 5.26 Å². The number of nitriles is 1. The van der Waals surface area contributed by atoms with Gasteiger partial charge in [-0.3, -0.25) is 0 Å². The Morgan fingerprint density at radius 3 is 2.50 bits per heavy atom. The Balaban J connectivity index is 1.95. The fourth-order valence-corrected chi connectivity index (χ4v) is 2.77. The van der Waals surface area contributed by atoms with Crippen molar-refractivity contribution in [3.05, 3.63) is 35.4 Å². The Kier molecular flexibility index (Phi) is 5.32. The van der Waals surface area contributed by atoms with Gasteiger partial charge in [-0.15, -0.1) is 0 Å². The molecule has 5 heteroatoms. The van der Waals surface area contributed by atoms with Crippen LogP contribution in [-0.4, -0.2) is 5.71 Å². The van der Waals surface area contributed by atoms with Gasteiger partial charge in [0.05, 0.1) is 11.6 Å². The number of nitrogens with zero attached hydrogens (tertiary/aromatic N) is 2. The second-order valence-electron chi connectivity index (χ2n) is 4.35. The molecule has 1 N–H and O–H groups in total. The van der Waals surface area contributed by atoms with Crippen LogP contribution in [0.3, 0.4) is 0 Å². The van der Waals surface area contributed by atoms with Crippen molar-refractivity contribution < 1.29 is 0 Å². The molecule has 1 aliphatic rings. The quantitative estimate of drug-likeness (QED) is 0.493. The third-order valence-electron chi connectivity index (χ3n) is 3.31. The van der Waals surface area contributed by atoms with Crippen LogP contribution in [0.1, 0.15) is 42.7 Å². The van der Waals surface area contributed by atoms with E-state index < -0.39 is 0 Å². The van der Waals surface area contributed by atoms with Crippen molar-refractivity contribution in [1.82, 2.24) is 4.83 Å². The molecule has 1 aliphatic carbocycles. The lowest BCUT2D eigenvalue weighted by Gasteiger charge is -2.23. The summed E-state index contributed by atoms with van der Waals surface area (Å²) in [4.78, 5) is 2.94. The number of halogens is 1. The molecule has 0 radical (unpaired) electrons. The molecule has 0 spiro atoms. The average Bonchev–Trinajstić information content (AvgIpc) is 2.46. The van der Waals surface area contributed by atoms with E-state index >= 15 is 0 Å². The minimum atomic E-state index is 0.615. The number of rotatable bonds is 3. The molecule has 0 atom stereocenters. The van der Waals surface area contributed by atoms with Gasteiger partial charge in [0.2, 0.25) is 0 Å². The van der Waals surface area contributed by atoms with Crippen LogP contribution in [-0.2, 0) is 0 Å². The standard InChI is InChI=1S/C13H14IN3S/c14-18-17-16-13-7-5-12(6-8-13)11-3-1-10(9-15)2-4-11/h1-4,12,17H,5-8H2. The van der Waals surface area contributed by atoms with Crippen molar-refractivity contribution >= 4 is 36.0 Å². The van der Waals surface area contributed by atoms with E-state index in [1.165, 1.54) is 20.4 Å². The molecule has 0 heterocycles. The van der Waals surface area contributed by atoms with Gasteiger partial charge in [0.15, 0.2) is 0 Å². The summed E-state index contributed by atoms with van der Waals surface area (Å²) in [6, 6.07) is 10.2. The van der Waals surface area contributed by atoms with Crippen LogP contribution in [0.4, 0.5) is 0 Å². The number of hydrogen-bond donors (Lipinski definition) is 1. The Bertz CT molecular complexity index is 454. The first kappa shape index (κ1) is 13.7. The topological polar surface area (TPSA) is 48.2 Å². The minimum Gasteiger partial charge on any atom is -0.242 e. The summed E-state index contributed by atoms with van der Waals surface area (Å²) in [7, 11) is 1.50. The van der Waals surface area contributed by atoms with E-state index in [1.807, 2.05) is 12.1 Å².